The summed E-state index contributed by atoms with van der Waals surface area (Å²) in [6, 6.07) is 0. The maximum atomic E-state index is 12.1. The molecule has 0 spiro atoms. The van der Waals surface area contributed by atoms with Gasteiger partial charge in [-0.1, -0.05) is 12.2 Å². The van der Waals surface area contributed by atoms with Gasteiger partial charge in [0.2, 0.25) is 5.91 Å². The largest absolute Gasteiger partial charge is 0.356 e. The molecule has 1 atom stereocenters. The fourth-order valence-electron chi connectivity index (χ4n) is 5.97. The molecular formula is C18H27NO. The third-order valence-electron chi connectivity index (χ3n) is 6.39. The molecule has 2 nitrogen and oxygen atoms in total. The van der Waals surface area contributed by atoms with Crippen LogP contribution in [0.3, 0.4) is 0 Å². The monoisotopic (exact) mass is 273 g/mol. The Morgan fingerprint density at radius 1 is 1.10 bits per heavy atom. The lowest BCUT2D eigenvalue weighted by Gasteiger charge is -2.56. The Morgan fingerprint density at radius 2 is 1.75 bits per heavy atom. The van der Waals surface area contributed by atoms with Gasteiger partial charge in [0.1, 0.15) is 0 Å². The number of carbonyl (C=O) groups excluding carboxylic acids is 1. The average Bonchev–Trinajstić information content (AvgIpc) is 2.88. The topological polar surface area (TPSA) is 29.1 Å². The number of nitrogens with one attached hydrogen (secondary N) is 1. The summed E-state index contributed by atoms with van der Waals surface area (Å²) in [5.74, 6) is 3.74. The molecule has 4 saturated carbocycles. The van der Waals surface area contributed by atoms with E-state index in [-0.39, 0.29) is 5.91 Å². The van der Waals surface area contributed by atoms with Gasteiger partial charge in [0, 0.05) is 13.0 Å². The molecule has 0 aromatic carbocycles. The maximum absolute atomic E-state index is 12.1. The summed E-state index contributed by atoms with van der Waals surface area (Å²) in [5.41, 5.74) is 0.482. The molecule has 1 amide bonds. The summed E-state index contributed by atoms with van der Waals surface area (Å²) in [5, 5.41) is 3.29. The zero-order valence-corrected chi connectivity index (χ0v) is 12.4. The standard InChI is InChI=1S/C18H27NO/c20-17(8-13-3-1-2-4-13)19-12-18-9-14-5-15(10-18)7-16(6-14)11-18/h1,3,13-16H,2,4-12H2,(H,19,20). The second-order valence-electron chi connectivity index (χ2n) is 8.16. The predicted molar refractivity (Wildman–Crippen MR) is 80.1 cm³/mol. The summed E-state index contributed by atoms with van der Waals surface area (Å²) in [6.45, 7) is 0.964. The number of carbonyl (C=O) groups is 1. The van der Waals surface area contributed by atoms with Crippen molar-refractivity contribution in [2.75, 3.05) is 6.54 Å². The fourth-order valence-corrected chi connectivity index (χ4v) is 5.97. The Bertz CT molecular complexity index is 390. The minimum atomic E-state index is 0.289. The zero-order chi connectivity index (χ0) is 13.6. The number of hydrogen-bond acceptors (Lipinski definition) is 1. The molecule has 0 heterocycles. The van der Waals surface area contributed by atoms with E-state index in [2.05, 4.69) is 17.5 Å². The highest BCUT2D eigenvalue weighted by atomic mass is 16.1. The Kier molecular flexibility index (Phi) is 3.16. The first-order valence-electron chi connectivity index (χ1n) is 8.64. The van der Waals surface area contributed by atoms with E-state index in [1.165, 1.54) is 44.9 Å². The maximum Gasteiger partial charge on any atom is 0.220 e. The molecular weight excluding hydrogens is 246 g/mol. The van der Waals surface area contributed by atoms with Crippen molar-refractivity contribution in [3.05, 3.63) is 12.2 Å². The highest BCUT2D eigenvalue weighted by Crippen LogP contribution is 2.59. The lowest BCUT2D eigenvalue weighted by atomic mass is 9.49. The molecule has 2 heteroatoms. The van der Waals surface area contributed by atoms with Crippen LogP contribution in [0.2, 0.25) is 0 Å². The van der Waals surface area contributed by atoms with E-state index in [9.17, 15) is 4.79 Å². The van der Waals surface area contributed by atoms with Crippen molar-refractivity contribution in [2.45, 2.75) is 57.8 Å². The van der Waals surface area contributed by atoms with Gasteiger partial charge in [-0.3, -0.25) is 4.79 Å². The van der Waals surface area contributed by atoms with E-state index in [0.717, 1.165) is 30.7 Å². The first kappa shape index (κ1) is 12.9. The second kappa shape index (κ2) is 4.89. The third kappa shape index (κ3) is 2.42. The molecule has 0 aromatic heterocycles. The van der Waals surface area contributed by atoms with E-state index in [1.54, 1.807) is 0 Å². The Labute approximate surface area is 122 Å². The normalized spacial score (nSPS) is 45.0. The smallest absolute Gasteiger partial charge is 0.220 e. The van der Waals surface area contributed by atoms with Crippen molar-refractivity contribution < 1.29 is 4.79 Å². The van der Waals surface area contributed by atoms with Gasteiger partial charge in [0.25, 0.3) is 0 Å². The summed E-state index contributed by atoms with van der Waals surface area (Å²) in [4.78, 5) is 12.1. The van der Waals surface area contributed by atoms with Crippen LogP contribution in [0, 0.1) is 29.1 Å². The van der Waals surface area contributed by atoms with Crippen molar-refractivity contribution >= 4 is 5.91 Å². The number of amides is 1. The Hall–Kier alpha value is -0.790. The van der Waals surface area contributed by atoms with Gasteiger partial charge < -0.3 is 5.32 Å². The van der Waals surface area contributed by atoms with Gasteiger partial charge in [0.05, 0.1) is 0 Å². The second-order valence-corrected chi connectivity index (χ2v) is 8.16. The first-order valence-corrected chi connectivity index (χ1v) is 8.64. The van der Waals surface area contributed by atoms with Crippen LogP contribution in [-0.4, -0.2) is 12.5 Å². The Balaban J connectivity index is 1.32. The lowest BCUT2D eigenvalue weighted by Crippen LogP contribution is -2.51. The molecule has 4 fully saturated rings. The Morgan fingerprint density at radius 3 is 2.30 bits per heavy atom. The minimum Gasteiger partial charge on any atom is -0.356 e. The highest BCUT2D eigenvalue weighted by Gasteiger charge is 2.50. The zero-order valence-electron chi connectivity index (χ0n) is 12.4. The van der Waals surface area contributed by atoms with E-state index in [0.29, 0.717) is 17.8 Å². The summed E-state index contributed by atoms with van der Waals surface area (Å²) < 4.78 is 0. The third-order valence-corrected chi connectivity index (χ3v) is 6.39. The van der Waals surface area contributed by atoms with Crippen LogP contribution in [0.5, 0.6) is 0 Å². The molecule has 5 aliphatic carbocycles. The molecule has 20 heavy (non-hydrogen) atoms. The molecule has 5 rings (SSSR count). The van der Waals surface area contributed by atoms with Crippen LogP contribution < -0.4 is 5.32 Å². The van der Waals surface area contributed by atoms with E-state index >= 15 is 0 Å². The van der Waals surface area contributed by atoms with Crippen LogP contribution in [0.15, 0.2) is 12.2 Å². The molecule has 0 aliphatic heterocycles. The van der Waals surface area contributed by atoms with Crippen molar-refractivity contribution in [1.82, 2.24) is 5.32 Å². The molecule has 1 unspecified atom stereocenters. The van der Waals surface area contributed by atoms with Gasteiger partial charge in [-0.25, -0.2) is 0 Å². The number of allylic oxidation sites excluding steroid dienone is 2. The van der Waals surface area contributed by atoms with Crippen molar-refractivity contribution in [3.8, 4) is 0 Å². The van der Waals surface area contributed by atoms with E-state index in [1.807, 2.05) is 0 Å². The van der Waals surface area contributed by atoms with E-state index < -0.39 is 0 Å². The molecule has 1 N–H and O–H groups in total. The fraction of sp³-hybridized carbons (Fsp3) is 0.833. The van der Waals surface area contributed by atoms with Crippen LogP contribution in [0.4, 0.5) is 0 Å². The predicted octanol–water partition coefficient (Wildman–Crippen LogP) is 3.68. The molecule has 0 aromatic rings. The molecule has 5 aliphatic rings. The van der Waals surface area contributed by atoms with Crippen molar-refractivity contribution in [1.29, 1.82) is 0 Å². The van der Waals surface area contributed by atoms with Gasteiger partial charge >= 0.3 is 0 Å². The van der Waals surface area contributed by atoms with Gasteiger partial charge in [-0.15, -0.1) is 0 Å². The van der Waals surface area contributed by atoms with E-state index in [4.69, 9.17) is 0 Å². The van der Waals surface area contributed by atoms with Crippen LogP contribution in [-0.2, 0) is 4.79 Å². The number of hydrogen-bond donors (Lipinski definition) is 1. The summed E-state index contributed by atoms with van der Waals surface area (Å²) >= 11 is 0. The molecule has 0 radical (unpaired) electrons. The SMILES string of the molecule is O=C(CC1C=CCC1)NCC12CC3CC(CC(C3)C1)C2. The van der Waals surface area contributed by atoms with Gasteiger partial charge in [0.15, 0.2) is 0 Å². The first-order chi connectivity index (χ1) is 9.71. The van der Waals surface area contributed by atoms with Crippen molar-refractivity contribution in [3.63, 3.8) is 0 Å². The highest BCUT2D eigenvalue weighted by molar-refractivity contribution is 5.76. The number of rotatable bonds is 4. The minimum absolute atomic E-state index is 0.289. The summed E-state index contributed by atoms with van der Waals surface area (Å²) in [7, 11) is 0. The van der Waals surface area contributed by atoms with Gasteiger partial charge in [-0.05, 0) is 80.5 Å². The molecule has 4 bridgehead atoms. The van der Waals surface area contributed by atoms with Crippen molar-refractivity contribution in [2.24, 2.45) is 29.1 Å². The molecule has 110 valence electrons. The molecule has 0 saturated heterocycles. The average molecular weight is 273 g/mol. The van der Waals surface area contributed by atoms with Crippen LogP contribution in [0.25, 0.3) is 0 Å². The lowest BCUT2D eigenvalue weighted by molar-refractivity contribution is -0.123. The summed E-state index contributed by atoms with van der Waals surface area (Å²) in [6.07, 6.45) is 16.1. The van der Waals surface area contributed by atoms with Gasteiger partial charge in [-0.2, -0.15) is 0 Å². The quantitative estimate of drug-likeness (QED) is 0.778. The van der Waals surface area contributed by atoms with Crippen LogP contribution >= 0.6 is 0 Å². The van der Waals surface area contributed by atoms with Crippen LogP contribution in [0.1, 0.15) is 57.8 Å².